The molecule has 7 aromatic rings. The molecule has 258 valence electrons. The van der Waals surface area contributed by atoms with Crippen LogP contribution < -0.4 is 9.80 Å². The second-order valence-corrected chi connectivity index (χ2v) is 12.9. The second kappa shape index (κ2) is 15.6. The second-order valence-electron chi connectivity index (χ2n) is 12.9. The zero-order chi connectivity index (χ0) is 36.7. The van der Waals surface area contributed by atoms with Crippen molar-refractivity contribution in [2.24, 2.45) is 4.99 Å². The minimum absolute atomic E-state index is 0.109. The highest BCUT2D eigenvalue weighted by Crippen LogP contribution is 2.40. The van der Waals surface area contributed by atoms with Gasteiger partial charge in [-0.3, -0.25) is 14.5 Å². The first-order valence-electron chi connectivity index (χ1n) is 17.6. The highest BCUT2D eigenvalue weighted by atomic mass is 16.2. The Morgan fingerprint density at radius 3 is 1.45 bits per heavy atom. The maximum atomic E-state index is 14.5. The van der Waals surface area contributed by atoms with Crippen LogP contribution in [0.5, 0.6) is 0 Å². The number of aryl methyl sites for hydroxylation is 1. The van der Waals surface area contributed by atoms with Crippen molar-refractivity contribution in [1.29, 1.82) is 0 Å². The van der Waals surface area contributed by atoms with E-state index in [4.69, 9.17) is 4.99 Å². The Labute approximate surface area is 311 Å². The third kappa shape index (κ3) is 7.60. The normalized spacial score (nSPS) is 11.2. The number of anilines is 5. The average Bonchev–Trinajstić information content (AvgIpc) is 3.21. The fraction of sp³-hybridized carbons (Fsp3) is 0.0625. The summed E-state index contributed by atoms with van der Waals surface area (Å²) < 4.78 is 0. The van der Waals surface area contributed by atoms with Crippen molar-refractivity contribution in [2.45, 2.75) is 20.8 Å². The smallest absolute Gasteiger partial charge is 0.276 e. The topological polar surface area (TPSA) is 53.0 Å². The van der Waals surface area contributed by atoms with E-state index in [2.05, 4.69) is 95.9 Å². The van der Waals surface area contributed by atoms with Crippen LogP contribution in [0, 0.1) is 6.92 Å². The molecule has 0 saturated carbocycles. The molecule has 0 unspecified atom stereocenters. The lowest BCUT2D eigenvalue weighted by Gasteiger charge is -2.29. The summed E-state index contributed by atoms with van der Waals surface area (Å²) in [7, 11) is 0. The number of hydrogen-bond acceptors (Lipinski definition) is 4. The molecule has 1 amide bonds. The van der Waals surface area contributed by atoms with Gasteiger partial charge < -0.3 is 4.90 Å². The summed E-state index contributed by atoms with van der Waals surface area (Å²) in [6, 6.07) is 60.7. The van der Waals surface area contributed by atoms with Gasteiger partial charge in [-0.05, 0) is 109 Å². The van der Waals surface area contributed by atoms with Crippen molar-refractivity contribution in [3.8, 4) is 22.3 Å². The van der Waals surface area contributed by atoms with Gasteiger partial charge >= 0.3 is 0 Å². The first-order valence-corrected chi connectivity index (χ1v) is 17.6. The van der Waals surface area contributed by atoms with Crippen molar-refractivity contribution in [1.82, 2.24) is 0 Å². The molecule has 7 aromatic carbocycles. The maximum Gasteiger partial charge on any atom is 0.276 e. The zero-order valence-electron chi connectivity index (χ0n) is 30.0. The van der Waals surface area contributed by atoms with Crippen molar-refractivity contribution in [3.05, 3.63) is 193 Å². The van der Waals surface area contributed by atoms with E-state index < -0.39 is 0 Å². The summed E-state index contributed by atoms with van der Waals surface area (Å²) in [5.41, 5.74) is 10.9. The number of nitrogens with zero attached hydrogens (tertiary/aromatic N) is 3. The van der Waals surface area contributed by atoms with Gasteiger partial charge in [-0.25, -0.2) is 4.99 Å². The van der Waals surface area contributed by atoms with E-state index in [1.807, 2.05) is 79.7 Å². The Balaban J connectivity index is 1.34. The van der Waals surface area contributed by atoms with Gasteiger partial charge in [-0.2, -0.15) is 0 Å². The molecular weight excluding hydrogens is 651 g/mol. The number of benzene rings is 7. The monoisotopic (exact) mass is 689 g/mol. The van der Waals surface area contributed by atoms with Gasteiger partial charge in [0.15, 0.2) is 5.78 Å². The Morgan fingerprint density at radius 2 is 0.925 bits per heavy atom. The summed E-state index contributed by atoms with van der Waals surface area (Å²) in [6.45, 7) is 5.21. The number of carbonyl (C=O) groups excluding carboxylic acids is 2. The molecule has 0 aliphatic rings. The van der Waals surface area contributed by atoms with Gasteiger partial charge in [0.05, 0.1) is 11.4 Å². The van der Waals surface area contributed by atoms with Crippen LogP contribution in [0.4, 0.5) is 34.1 Å². The molecule has 53 heavy (non-hydrogen) atoms. The molecule has 0 aliphatic heterocycles. The van der Waals surface area contributed by atoms with Crippen LogP contribution in [0.15, 0.2) is 187 Å². The van der Waals surface area contributed by atoms with E-state index in [0.717, 1.165) is 50.6 Å². The molecule has 0 radical (unpaired) electrons. The molecule has 0 fully saturated rings. The van der Waals surface area contributed by atoms with E-state index in [1.54, 1.807) is 30.0 Å². The zero-order valence-corrected chi connectivity index (χ0v) is 30.0. The third-order valence-corrected chi connectivity index (χ3v) is 9.26. The number of Topliss-reactive ketones (excluding diaryl/α,β-unsaturated/α-hetero) is 1. The lowest BCUT2D eigenvalue weighted by Crippen LogP contribution is -2.32. The first kappa shape index (κ1) is 34.6. The van der Waals surface area contributed by atoms with Crippen LogP contribution in [0.3, 0.4) is 0 Å². The quantitative estimate of drug-likeness (QED) is 0.106. The van der Waals surface area contributed by atoms with Crippen LogP contribution in [-0.2, 0) is 4.79 Å². The van der Waals surface area contributed by atoms with Crippen LogP contribution in [0.2, 0.25) is 0 Å². The van der Waals surface area contributed by atoms with Gasteiger partial charge in [0.2, 0.25) is 0 Å². The molecule has 0 bridgehead atoms. The number of hydrogen-bond donors (Lipinski definition) is 0. The largest absolute Gasteiger partial charge is 0.310 e. The summed E-state index contributed by atoms with van der Waals surface area (Å²) in [5.74, 6) is -0.400. The molecule has 0 N–H and O–H groups in total. The molecule has 0 spiro atoms. The van der Waals surface area contributed by atoms with Crippen molar-refractivity contribution >= 4 is 51.5 Å². The first-order chi connectivity index (χ1) is 25.9. The molecule has 0 atom stereocenters. The maximum absolute atomic E-state index is 14.5. The van der Waals surface area contributed by atoms with Crippen molar-refractivity contribution in [3.63, 3.8) is 0 Å². The average molecular weight is 690 g/mol. The summed E-state index contributed by atoms with van der Waals surface area (Å²) in [6.07, 6.45) is 0. The standard InChI is InChI=1S/C48H39N3O2/c1-34-23-28-44(33-47(34)51(41-19-11-6-12-20-41)48(53)35(2)49-46-22-14-13-21-45(46)36(3)52)50(42-29-24-39(25-30-42)37-15-7-4-8-16-37)43-31-26-40(27-32-43)38-17-9-5-10-18-38/h4-33H,1-3H3. The highest BCUT2D eigenvalue weighted by molar-refractivity contribution is 6.45. The Kier molecular flexibility index (Phi) is 10.2. The van der Waals surface area contributed by atoms with Crippen molar-refractivity contribution < 1.29 is 9.59 Å². The molecule has 5 heteroatoms. The Hall–Kier alpha value is -6.85. The van der Waals surface area contributed by atoms with Gasteiger partial charge in [0.1, 0.15) is 5.71 Å². The number of ketones is 1. The number of amides is 1. The lowest BCUT2D eigenvalue weighted by atomic mass is 10.0. The SMILES string of the molecule is CC(=O)c1ccccc1N=C(C)C(=O)N(c1ccccc1)c1cc(N(c2ccc(-c3ccccc3)cc2)c2ccc(-c3ccccc3)cc2)ccc1C. The minimum atomic E-state index is -0.291. The summed E-state index contributed by atoms with van der Waals surface area (Å²) in [4.78, 5) is 35.5. The van der Waals surface area contributed by atoms with E-state index in [0.29, 0.717) is 16.9 Å². The number of rotatable bonds is 10. The number of para-hydroxylation sites is 2. The van der Waals surface area contributed by atoms with Gasteiger partial charge in [0.25, 0.3) is 5.91 Å². The minimum Gasteiger partial charge on any atom is -0.310 e. The fourth-order valence-corrected chi connectivity index (χ4v) is 6.49. The Morgan fingerprint density at radius 1 is 0.472 bits per heavy atom. The van der Waals surface area contributed by atoms with E-state index in [9.17, 15) is 9.59 Å². The van der Waals surface area contributed by atoms with Crippen LogP contribution in [0.25, 0.3) is 22.3 Å². The highest BCUT2D eigenvalue weighted by Gasteiger charge is 2.25. The van der Waals surface area contributed by atoms with Crippen LogP contribution in [0.1, 0.15) is 29.8 Å². The van der Waals surface area contributed by atoms with Gasteiger partial charge in [-0.1, -0.05) is 121 Å². The van der Waals surface area contributed by atoms with Crippen LogP contribution >= 0.6 is 0 Å². The Bertz CT molecular complexity index is 2300. The summed E-state index contributed by atoms with van der Waals surface area (Å²) in [5, 5.41) is 0. The van der Waals surface area contributed by atoms with Crippen LogP contribution in [-0.4, -0.2) is 17.4 Å². The molecule has 0 aliphatic carbocycles. The lowest BCUT2D eigenvalue weighted by molar-refractivity contribution is -0.111. The molecule has 5 nitrogen and oxygen atoms in total. The van der Waals surface area contributed by atoms with E-state index in [1.165, 1.54) is 6.92 Å². The fourth-order valence-electron chi connectivity index (χ4n) is 6.49. The molecular formula is C48H39N3O2. The van der Waals surface area contributed by atoms with Gasteiger partial charge in [-0.15, -0.1) is 0 Å². The third-order valence-electron chi connectivity index (χ3n) is 9.26. The molecule has 0 aromatic heterocycles. The molecule has 0 saturated heterocycles. The van der Waals surface area contributed by atoms with E-state index in [-0.39, 0.29) is 17.4 Å². The predicted molar refractivity (Wildman–Crippen MR) is 220 cm³/mol. The predicted octanol–water partition coefficient (Wildman–Crippen LogP) is 12.5. The van der Waals surface area contributed by atoms with E-state index >= 15 is 0 Å². The molecule has 0 heterocycles. The molecule has 7 rings (SSSR count). The summed E-state index contributed by atoms with van der Waals surface area (Å²) >= 11 is 0. The van der Waals surface area contributed by atoms with Gasteiger partial charge in [0, 0.05) is 28.3 Å². The number of aliphatic imine (C=N–C) groups is 1. The van der Waals surface area contributed by atoms with Crippen molar-refractivity contribution in [2.75, 3.05) is 9.80 Å². The number of carbonyl (C=O) groups is 2.